The fourth-order valence-corrected chi connectivity index (χ4v) is 4.97. The van der Waals surface area contributed by atoms with Crippen molar-refractivity contribution in [1.29, 1.82) is 0 Å². The Balaban J connectivity index is 1.53. The summed E-state index contributed by atoms with van der Waals surface area (Å²) in [4.78, 5) is 28.4. The van der Waals surface area contributed by atoms with Gasteiger partial charge in [0.1, 0.15) is 11.9 Å². The van der Waals surface area contributed by atoms with Crippen molar-refractivity contribution in [2.45, 2.75) is 70.5 Å². The van der Waals surface area contributed by atoms with Crippen molar-refractivity contribution in [3.05, 3.63) is 83.7 Å². The molecule has 1 atom stereocenters. The molecule has 4 rings (SSSR count). The molecule has 4 nitrogen and oxygen atoms in total. The molecule has 0 aliphatic heterocycles. The lowest BCUT2D eigenvalue weighted by Gasteiger charge is -2.31. The van der Waals surface area contributed by atoms with Gasteiger partial charge in [-0.15, -0.1) is 0 Å². The average Bonchev–Trinajstić information content (AvgIpc) is 3.36. The lowest BCUT2D eigenvalue weighted by atomic mass is 10.00. The molecule has 0 bridgehead atoms. The number of hydrogen-bond acceptors (Lipinski definition) is 2. The predicted molar refractivity (Wildman–Crippen MR) is 134 cm³/mol. The minimum atomic E-state index is -0.550. The molecule has 1 aliphatic rings. The zero-order chi connectivity index (χ0) is 23.9. The maximum Gasteiger partial charge on any atom is 0.243 e. The van der Waals surface area contributed by atoms with E-state index >= 15 is 0 Å². The molecule has 1 saturated carbocycles. The van der Waals surface area contributed by atoms with Crippen LogP contribution < -0.4 is 5.32 Å². The Labute approximate surface area is 201 Å². The van der Waals surface area contributed by atoms with Gasteiger partial charge in [0.05, 0.1) is 0 Å². The Morgan fingerprint density at radius 1 is 1.00 bits per heavy atom. The Bertz CT molecular complexity index is 1120. The fraction of sp³-hybridized carbons (Fsp3) is 0.379. The molecule has 2 amide bonds. The van der Waals surface area contributed by atoms with Crippen molar-refractivity contribution in [1.82, 2.24) is 10.2 Å². The van der Waals surface area contributed by atoms with Crippen LogP contribution in [-0.4, -0.2) is 28.8 Å². The van der Waals surface area contributed by atoms with E-state index in [2.05, 4.69) is 29.6 Å². The zero-order valence-corrected chi connectivity index (χ0v) is 19.8. The summed E-state index contributed by atoms with van der Waals surface area (Å²) in [6.07, 6.45) is 5.68. The molecule has 3 aromatic carbocycles. The van der Waals surface area contributed by atoms with E-state index in [1.807, 2.05) is 25.1 Å². The summed E-state index contributed by atoms with van der Waals surface area (Å²) in [6, 6.07) is 20.1. The Morgan fingerprint density at radius 2 is 1.71 bits per heavy atom. The van der Waals surface area contributed by atoms with Crippen LogP contribution in [0, 0.1) is 5.82 Å². The first-order valence-electron chi connectivity index (χ1n) is 12.4. The first-order valence-corrected chi connectivity index (χ1v) is 12.4. The summed E-state index contributed by atoms with van der Waals surface area (Å²) in [7, 11) is 0. The molecule has 0 heterocycles. The number of amides is 2. The summed E-state index contributed by atoms with van der Waals surface area (Å²) >= 11 is 0. The highest BCUT2D eigenvalue weighted by atomic mass is 19.1. The predicted octanol–water partition coefficient (Wildman–Crippen LogP) is 5.78. The second-order valence-electron chi connectivity index (χ2n) is 9.20. The SMILES string of the molecule is CC[C@@H](C(=O)NC1CCCC1)N(Cc1ccc(F)cc1)C(=O)CCc1cccc2ccccc12. The first kappa shape index (κ1) is 23.9. The quantitative estimate of drug-likeness (QED) is 0.440. The normalized spacial score (nSPS) is 14.8. The van der Waals surface area contributed by atoms with E-state index in [0.717, 1.165) is 47.6 Å². The van der Waals surface area contributed by atoms with Gasteiger partial charge in [-0.2, -0.15) is 0 Å². The van der Waals surface area contributed by atoms with Crippen LogP contribution in [0.1, 0.15) is 56.6 Å². The second kappa shape index (κ2) is 11.3. The smallest absolute Gasteiger partial charge is 0.243 e. The van der Waals surface area contributed by atoms with Crippen LogP contribution in [-0.2, 0) is 22.6 Å². The average molecular weight is 461 g/mol. The number of nitrogens with one attached hydrogen (secondary N) is 1. The van der Waals surface area contributed by atoms with Gasteiger partial charge in [-0.1, -0.05) is 74.4 Å². The van der Waals surface area contributed by atoms with E-state index in [-0.39, 0.29) is 30.2 Å². The third-order valence-corrected chi connectivity index (χ3v) is 6.84. The van der Waals surface area contributed by atoms with Crippen LogP contribution in [0.4, 0.5) is 4.39 Å². The Kier molecular flexibility index (Phi) is 7.94. The van der Waals surface area contributed by atoms with Crippen LogP contribution in [0.25, 0.3) is 10.8 Å². The highest BCUT2D eigenvalue weighted by Gasteiger charge is 2.30. The molecule has 0 radical (unpaired) electrons. The molecule has 0 saturated heterocycles. The van der Waals surface area contributed by atoms with Gasteiger partial charge in [-0.05, 0) is 59.7 Å². The van der Waals surface area contributed by atoms with Crippen molar-refractivity contribution in [3.63, 3.8) is 0 Å². The van der Waals surface area contributed by atoms with Gasteiger partial charge in [-0.25, -0.2) is 4.39 Å². The van der Waals surface area contributed by atoms with Crippen LogP contribution >= 0.6 is 0 Å². The molecule has 3 aromatic rings. The van der Waals surface area contributed by atoms with Gasteiger partial charge in [0, 0.05) is 19.0 Å². The van der Waals surface area contributed by atoms with E-state index in [9.17, 15) is 14.0 Å². The molecule has 0 spiro atoms. The van der Waals surface area contributed by atoms with E-state index in [0.29, 0.717) is 19.3 Å². The highest BCUT2D eigenvalue weighted by Crippen LogP contribution is 2.22. The number of hydrogen-bond donors (Lipinski definition) is 1. The molecular formula is C29H33FN2O2. The number of nitrogens with zero attached hydrogens (tertiary/aromatic N) is 1. The van der Waals surface area contributed by atoms with Crippen molar-refractivity contribution >= 4 is 22.6 Å². The van der Waals surface area contributed by atoms with Gasteiger partial charge in [0.2, 0.25) is 11.8 Å². The summed E-state index contributed by atoms with van der Waals surface area (Å²) in [5, 5.41) is 5.46. The number of rotatable bonds is 9. The van der Waals surface area contributed by atoms with Crippen LogP contribution in [0.15, 0.2) is 66.7 Å². The van der Waals surface area contributed by atoms with Gasteiger partial charge < -0.3 is 10.2 Å². The minimum absolute atomic E-state index is 0.0642. The highest BCUT2D eigenvalue weighted by molar-refractivity contribution is 5.89. The summed E-state index contributed by atoms with van der Waals surface area (Å²) in [5.41, 5.74) is 1.93. The maximum atomic E-state index is 13.5. The standard InChI is InChI=1S/C29H33FN2O2/c1-2-27(29(34)31-25-11-4-5-12-25)32(20-21-14-17-24(30)18-15-21)28(33)19-16-23-10-7-9-22-8-3-6-13-26(22)23/h3,6-10,13-15,17-18,25,27H,2,4-5,11-12,16,19-20H2,1H3,(H,31,34)/t27-/m0/s1. The summed E-state index contributed by atoms with van der Waals surface area (Å²) < 4.78 is 13.5. The maximum absolute atomic E-state index is 13.5. The molecule has 34 heavy (non-hydrogen) atoms. The van der Waals surface area contributed by atoms with E-state index in [1.165, 1.54) is 12.1 Å². The number of carbonyl (C=O) groups is 2. The molecule has 178 valence electrons. The molecule has 0 aromatic heterocycles. The number of aryl methyl sites for hydroxylation is 1. The zero-order valence-electron chi connectivity index (χ0n) is 19.8. The van der Waals surface area contributed by atoms with Crippen LogP contribution in [0.5, 0.6) is 0 Å². The number of benzene rings is 3. The van der Waals surface area contributed by atoms with Crippen LogP contribution in [0.3, 0.4) is 0 Å². The van der Waals surface area contributed by atoms with Crippen LogP contribution in [0.2, 0.25) is 0 Å². The van der Waals surface area contributed by atoms with E-state index in [1.54, 1.807) is 17.0 Å². The third kappa shape index (κ3) is 5.82. The number of fused-ring (bicyclic) bond motifs is 1. The van der Waals surface area contributed by atoms with Gasteiger partial charge in [-0.3, -0.25) is 9.59 Å². The Hall–Kier alpha value is -3.21. The minimum Gasteiger partial charge on any atom is -0.352 e. The molecule has 5 heteroatoms. The molecule has 1 aliphatic carbocycles. The lowest BCUT2D eigenvalue weighted by molar-refractivity contribution is -0.141. The number of halogens is 1. The van der Waals surface area contributed by atoms with Crippen molar-refractivity contribution in [3.8, 4) is 0 Å². The lowest BCUT2D eigenvalue weighted by Crippen LogP contribution is -2.51. The molecule has 1 N–H and O–H groups in total. The molecular weight excluding hydrogens is 427 g/mol. The fourth-order valence-electron chi connectivity index (χ4n) is 4.97. The van der Waals surface area contributed by atoms with Crippen molar-refractivity contribution in [2.24, 2.45) is 0 Å². The van der Waals surface area contributed by atoms with Gasteiger partial charge in [0.15, 0.2) is 0 Å². The van der Waals surface area contributed by atoms with Gasteiger partial charge in [0.25, 0.3) is 0 Å². The Morgan fingerprint density at radius 3 is 2.44 bits per heavy atom. The topological polar surface area (TPSA) is 49.4 Å². The van der Waals surface area contributed by atoms with Crippen molar-refractivity contribution in [2.75, 3.05) is 0 Å². The third-order valence-electron chi connectivity index (χ3n) is 6.84. The summed E-state index contributed by atoms with van der Waals surface area (Å²) in [6.45, 7) is 2.22. The monoisotopic (exact) mass is 460 g/mol. The second-order valence-corrected chi connectivity index (χ2v) is 9.20. The molecule has 1 fully saturated rings. The first-order chi connectivity index (χ1) is 16.5. The largest absolute Gasteiger partial charge is 0.352 e. The van der Waals surface area contributed by atoms with E-state index < -0.39 is 6.04 Å². The summed E-state index contributed by atoms with van der Waals surface area (Å²) in [5.74, 6) is -0.468. The number of carbonyl (C=O) groups excluding carboxylic acids is 2. The van der Waals surface area contributed by atoms with Gasteiger partial charge >= 0.3 is 0 Å². The molecule has 0 unspecified atom stereocenters. The van der Waals surface area contributed by atoms with E-state index in [4.69, 9.17) is 0 Å². The van der Waals surface area contributed by atoms with Crippen molar-refractivity contribution < 1.29 is 14.0 Å².